The monoisotopic (exact) mass is 258 g/mol. The molecule has 0 bridgehead atoms. The molecule has 1 amide bonds. The number of carbonyl (C=O) groups excluding carboxylic acids is 1. The lowest BCUT2D eigenvalue weighted by molar-refractivity contribution is -0.116. The van der Waals surface area contributed by atoms with Gasteiger partial charge in [0.05, 0.1) is 5.69 Å². The Balaban J connectivity index is 1.90. The molecule has 19 heavy (non-hydrogen) atoms. The molecule has 1 heterocycles. The van der Waals surface area contributed by atoms with E-state index < -0.39 is 0 Å². The Kier molecular flexibility index (Phi) is 4.66. The van der Waals surface area contributed by atoms with Crippen LogP contribution in [0.1, 0.15) is 32.6 Å². The average Bonchev–Trinajstić information content (AvgIpc) is 2.94. The van der Waals surface area contributed by atoms with Gasteiger partial charge in [0.25, 0.3) is 0 Å². The van der Waals surface area contributed by atoms with Crippen LogP contribution in [0.5, 0.6) is 0 Å². The van der Waals surface area contributed by atoms with Crippen LogP contribution in [0.15, 0.2) is 36.9 Å². The van der Waals surface area contributed by atoms with Gasteiger partial charge in [-0.1, -0.05) is 19.8 Å². The van der Waals surface area contributed by atoms with Crippen molar-refractivity contribution in [3.05, 3.63) is 36.9 Å². The second-order valence-electron chi connectivity index (χ2n) is 4.39. The Morgan fingerprint density at radius 1 is 1.26 bits per heavy atom. The number of rotatable bonds is 6. The predicted molar refractivity (Wildman–Crippen MR) is 74.1 cm³/mol. The van der Waals surface area contributed by atoms with Gasteiger partial charge in [0.1, 0.15) is 12.7 Å². The second kappa shape index (κ2) is 6.68. The van der Waals surface area contributed by atoms with Gasteiger partial charge in [-0.05, 0) is 30.7 Å². The first kappa shape index (κ1) is 13.3. The van der Waals surface area contributed by atoms with Crippen molar-refractivity contribution in [2.45, 2.75) is 32.6 Å². The summed E-state index contributed by atoms with van der Waals surface area (Å²) in [6.45, 7) is 2.13. The van der Waals surface area contributed by atoms with E-state index in [1.165, 1.54) is 6.33 Å². The van der Waals surface area contributed by atoms with E-state index in [1.54, 1.807) is 11.0 Å². The number of anilines is 1. The van der Waals surface area contributed by atoms with Crippen molar-refractivity contribution in [1.29, 1.82) is 0 Å². The first-order valence-electron chi connectivity index (χ1n) is 6.54. The van der Waals surface area contributed by atoms with E-state index in [0.29, 0.717) is 6.42 Å². The van der Waals surface area contributed by atoms with Gasteiger partial charge in [-0.25, -0.2) is 9.67 Å². The maximum atomic E-state index is 11.7. The molecule has 0 saturated heterocycles. The third kappa shape index (κ3) is 3.91. The van der Waals surface area contributed by atoms with Crippen molar-refractivity contribution in [1.82, 2.24) is 14.8 Å². The number of unbranched alkanes of at least 4 members (excludes halogenated alkanes) is 2. The van der Waals surface area contributed by atoms with Crippen molar-refractivity contribution < 1.29 is 4.79 Å². The highest BCUT2D eigenvalue weighted by molar-refractivity contribution is 5.90. The van der Waals surface area contributed by atoms with Gasteiger partial charge in [0, 0.05) is 12.1 Å². The molecule has 0 saturated carbocycles. The Morgan fingerprint density at radius 3 is 2.68 bits per heavy atom. The molecule has 1 N–H and O–H groups in total. The maximum Gasteiger partial charge on any atom is 0.224 e. The highest BCUT2D eigenvalue weighted by Crippen LogP contribution is 2.13. The van der Waals surface area contributed by atoms with Crippen molar-refractivity contribution in [3.63, 3.8) is 0 Å². The van der Waals surface area contributed by atoms with Gasteiger partial charge in [-0.15, -0.1) is 0 Å². The molecule has 1 aromatic heterocycles. The zero-order valence-corrected chi connectivity index (χ0v) is 11.0. The fourth-order valence-electron chi connectivity index (χ4n) is 1.80. The molecule has 0 spiro atoms. The molecule has 1 aromatic carbocycles. The van der Waals surface area contributed by atoms with Gasteiger partial charge < -0.3 is 5.32 Å². The summed E-state index contributed by atoms with van der Waals surface area (Å²) in [5.41, 5.74) is 1.73. The van der Waals surface area contributed by atoms with Crippen LogP contribution >= 0.6 is 0 Å². The van der Waals surface area contributed by atoms with Crippen LogP contribution < -0.4 is 5.32 Å². The number of hydrogen-bond acceptors (Lipinski definition) is 3. The SMILES string of the molecule is CCCCCC(=O)Nc1ccc(-n2cncn2)cc1. The lowest BCUT2D eigenvalue weighted by atomic mass is 10.2. The number of nitrogens with zero attached hydrogens (tertiary/aromatic N) is 3. The van der Waals surface area contributed by atoms with Crippen molar-refractivity contribution in [2.75, 3.05) is 5.32 Å². The first-order chi connectivity index (χ1) is 9.29. The van der Waals surface area contributed by atoms with Gasteiger partial charge in [-0.3, -0.25) is 4.79 Å². The highest BCUT2D eigenvalue weighted by Gasteiger charge is 2.02. The number of nitrogens with one attached hydrogen (secondary N) is 1. The fourth-order valence-corrected chi connectivity index (χ4v) is 1.80. The quantitative estimate of drug-likeness (QED) is 0.810. The summed E-state index contributed by atoms with van der Waals surface area (Å²) >= 11 is 0. The third-order valence-corrected chi connectivity index (χ3v) is 2.84. The molecule has 100 valence electrons. The summed E-state index contributed by atoms with van der Waals surface area (Å²) in [7, 11) is 0. The minimum absolute atomic E-state index is 0.0713. The van der Waals surface area contributed by atoms with Gasteiger partial charge in [0.2, 0.25) is 5.91 Å². The standard InChI is InChI=1S/C14H18N4O/c1-2-3-4-5-14(19)17-12-6-8-13(9-7-12)18-11-15-10-16-18/h6-11H,2-5H2,1H3,(H,17,19). The summed E-state index contributed by atoms with van der Waals surface area (Å²) in [6, 6.07) is 7.54. The molecule has 0 atom stereocenters. The molecular formula is C14H18N4O. The number of aromatic nitrogens is 3. The van der Waals surface area contributed by atoms with E-state index in [9.17, 15) is 4.79 Å². The molecule has 0 aliphatic rings. The average molecular weight is 258 g/mol. The van der Waals surface area contributed by atoms with Crippen LogP contribution in [0, 0.1) is 0 Å². The molecule has 2 aromatic rings. The topological polar surface area (TPSA) is 59.8 Å². The van der Waals surface area contributed by atoms with E-state index in [4.69, 9.17) is 0 Å². The van der Waals surface area contributed by atoms with Crippen molar-refractivity contribution >= 4 is 11.6 Å². The van der Waals surface area contributed by atoms with Crippen LogP contribution in [0.25, 0.3) is 5.69 Å². The lowest BCUT2D eigenvalue weighted by Crippen LogP contribution is -2.11. The Bertz CT molecular complexity index is 505. The lowest BCUT2D eigenvalue weighted by Gasteiger charge is -2.06. The van der Waals surface area contributed by atoms with E-state index >= 15 is 0 Å². The zero-order chi connectivity index (χ0) is 13.5. The summed E-state index contributed by atoms with van der Waals surface area (Å²) in [4.78, 5) is 15.6. The van der Waals surface area contributed by atoms with Crippen LogP contribution in [0.4, 0.5) is 5.69 Å². The smallest absolute Gasteiger partial charge is 0.224 e. The molecule has 0 radical (unpaired) electrons. The van der Waals surface area contributed by atoms with E-state index in [0.717, 1.165) is 30.6 Å². The second-order valence-corrected chi connectivity index (χ2v) is 4.39. The normalized spacial score (nSPS) is 10.4. The Morgan fingerprint density at radius 2 is 2.05 bits per heavy atom. The van der Waals surface area contributed by atoms with Crippen LogP contribution in [-0.2, 0) is 4.79 Å². The highest BCUT2D eigenvalue weighted by atomic mass is 16.1. The Hall–Kier alpha value is -2.17. The molecule has 0 fully saturated rings. The van der Waals surface area contributed by atoms with Crippen LogP contribution in [0.3, 0.4) is 0 Å². The van der Waals surface area contributed by atoms with Gasteiger partial charge in [-0.2, -0.15) is 5.10 Å². The van der Waals surface area contributed by atoms with E-state index in [2.05, 4.69) is 22.3 Å². The number of carbonyl (C=O) groups is 1. The minimum atomic E-state index is 0.0713. The number of amides is 1. The summed E-state index contributed by atoms with van der Waals surface area (Å²) in [5, 5.41) is 6.93. The van der Waals surface area contributed by atoms with E-state index in [1.807, 2.05) is 24.3 Å². The van der Waals surface area contributed by atoms with Crippen LogP contribution in [-0.4, -0.2) is 20.7 Å². The molecule has 5 nitrogen and oxygen atoms in total. The fraction of sp³-hybridized carbons (Fsp3) is 0.357. The summed E-state index contributed by atoms with van der Waals surface area (Å²) in [6.07, 6.45) is 6.87. The first-order valence-corrected chi connectivity index (χ1v) is 6.54. The molecule has 2 rings (SSSR count). The van der Waals surface area contributed by atoms with Crippen LogP contribution in [0.2, 0.25) is 0 Å². The molecule has 0 aliphatic carbocycles. The molecule has 0 aliphatic heterocycles. The van der Waals surface area contributed by atoms with Gasteiger partial charge in [0.15, 0.2) is 0 Å². The minimum Gasteiger partial charge on any atom is -0.326 e. The molecular weight excluding hydrogens is 240 g/mol. The predicted octanol–water partition coefficient (Wildman–Crippen LogP) is 2.79. The summed E-state index contributed by atoms with van der Waals surface area (Å²) in [5.74, 6) is 0.0713. The molecule has 0 unspecified atom stereocenters. The number of hydrogen-bond donors (Lipinski definition) is 1. The van der Waals surface area contributed by atoms with Gasteiger partial charge >= 0.3 is 0 Å². The van der Waals surface area contributed by atoms with Crippen molar-refractivity contribution in [3.8, 4) is 5.69 Å². The van der Waals surface area contributed by atoms with E-state index in [-0.39, 0.29) is 5.91 Å². The Labute approximate surface area is 112 Å². The maximum absolute atomic E-state index is 11.7. The van der Waals surface area contributed by atoms with Crippen molar-refractivity contribution in [2.24, 2.45) is 0 Å². The zero-order valence-electron chi connectivity index (χ0n) is 11.0. The summed E-state index contributed by atoms with van der Waals surface area (Å²) < 4.78 is 1.67. The third-order valence-electron chi connectivity index (χ3n) is 2.84. The largest absolute Gasteiger partial charge is 0.326 e. The molecule has 5 heteroatoms. The number of benzene rings is 1.